The fourth-order valence-electron chi connectivity index (χ4n) is 4.66. The number of halogens is 3. The Morgan fingerprint density at radius 3 is 2.53 bits per heavy atom. The van der Waals surface area contributed by atoms with Crippen LogP contribution in [0, 0.1) is 10.2 Å². The lowest BCUT2D eigenvalue weighted by molar-refractivity contribution is -0.139. The molecule has 3 aliphatic rings. The van der Waals surface area contributed by atoms with Crippen molar-refractivity contribution in [3.8, 4) is 5.88 Å². The van der Waals surface area contributed by atoms with Crippen LogP contribution >= 0.6 is 0 Å². The van der Waals surface area contributed by atoms with Gasteiger partial charge in [0.05, 0.1) is 34.0 Å². The molecule has 0 radical (unpaired) electrons. The number of hydrogen-bond acceptors (Lipinski definition) is 6. The van der Waals surface area contributed by atoms with Gasteiger partial charge in [0.2, 0.25) is 5.88 Å². The number of piperidine rings is 1. The first-order valence-corrected chi connectivity index (χ1v) is 13.8. The van der Waals surface area contributed by atoms with Crippen LogP contribution in [-0.4, -0.2) is 46.2 Å². The SMILES string of the molecule is N=[S@](=O)(c1ccc(C(=O)Nc2cccc(OCCC(F)(F)F)n2)c(N2CCC3(CC2)CC3)c1)C1CC1. The number of benzene rings is 1. The first kappa shape index (κ1) is 24.9. The fourth-order valence-corrected chi connectivity index (χ4v) is 6.41. The number of anilines is 2. The van der Waals surface area contributed by atoms with E-state index in [0.29, 0.717) is 21.6 Å². The van der Waals surface area contributed by atoms with Crippen LogP contribution in [-0.2, 0) is 9.73 Å². The van der Waals surface area contributed by atoms with E-state index < -0.39 is 34.8 Å². The monoisotopic (exact) mass is 522 g/mol. The summed E-state index contributed by atoms with van der Waals surface area (Å²) in [6.45, 7) is 1.00. The average molecular weight is 523 g/mol. The van der Waals surface area contributed by atoms with Crippen LogP contribution in [0.4, 0.5) is 24.7 Å². The summed E-state index contributed by atoms with van der Waals surface area (Å²) in [6.07, 6.45) is 0.680. The minimum absolute atomic E-state index is 0.0169. The zero-order chi connectivity index (χ0) is 25.6. The van der Waals surface area contributed by atoms with Gasteiger partial charge >= 0.3 is 6.18 Å². The zero-order valence-electron chi connectivity index (χ0n) is 19.8. The van der Waals surface area contributed by atoms with Gasteiger partial charge in [0.1, 0.15) is 5.82 Å². The van der Waals surface area contributed by atoms with Gasteiger partial charge in [-0.3, -0.25) is 4.79 Å². The Morgan fingerprint density at radius 1 is 1.17 bits per heavy atom. The van der Waals surface area contributed by atoms with Gasteiger partial charge in [-0.15, -0.1) is 0 Å². The van der Waals surface area contributed by atoms with Gasteiger partial charge in [-0.2, -0.15) is 18.2 Å². The quantitative estimate of drug-likeness (QED) is 0.470. The van der Waals surface area contributed by atoms with Gasteiger partial charge in [-0.25, -0.2) is 8.99 Å². The number of nitrogens with zero attached hydrogens (tertiary/aromatic N) is 2. The van der Waals surface area contributed by atoms with E-state index in [1.807, 2.05) is 0 Å². The third-order valence-corrected chi connectivity index (χ3v) is 9.64. The number of carbonyl (C=O) groups excluding carboxylic acids is 1. The van der Waals surface area contributed by atoms with E-state index in [-0.39, 0.29) is 16.9 Å². The molecule has 1 saturated heterocycles. The molecule has 11 heteroatoms. The number of pyridine rings is 1. The van der Waals surface area contributed by atoms with Crippen LogP contribution in [0.2, 0.25) is 0 Å². The molecule has 1 aromatic heterocycles. The zero-order valence-corrected chi connectivity index (χ0v) is 20.6. The van der Waals surface area contributed by atoms with Gasteiger partial charge < -0.3 is 15.0 Å². The number of aromatic nitrogens is 1. The molecule has 1 spiro atoms. The highest BCUT2D eigenvalue weighted by Gasteiger charge is 2.45. The van der Waals surface area contributed by atoms with E-state index in [1.165, 1.54) is 25.0 Å². The van der Waals surface area contributed by atoms with Crippen molar-refractivity contribution in [2.24, 2.45) is 5.41 Å². The van der Waals surface area contributed by atoms with Crippen molar-refractivity contribution in [3.63, 3.8) is 0 Å². The summed E-state index contributed by atoms with van der Waals surface area (Å²) in [5, 5.41) is 2.58. The molecule has 194 valence electrons. The van der Waals surface area contributed by atoms with Crippen LogP contribution in [0.1, 0.15) is 55.3 Å². The molecule has 1 aliphatic heterocycles. The maximum Gasteiger partial charge on any atom is 0.392 e. The summed E-state index contributed by atoms with van der Waals surface area (Å²) < 4.78 is 63.8. The second kappa shape index (κ2) is 9.24. The molecule has 0 bridgehead atoms. The molecule has 7 nitrogen and oxygen atoms in total. The van der Waals surface area contributed by atoms with E-state index in [2.05, 4.69) is 15.2 Å². The van der Waals surface area contributed by atoms with Crippen LogP contribution in [0.25, 0.3) is 0 Å². The molecule has 2 heterocycles. The average Bonchev–Trinajstić information content (AvgIpc) is 3.75. The van der Waals surface area contributed by atoms with Crippen molar-refractivity contribution in [1.29, 1.82) is 4.78 Å². The molecule has 36 heavy (non-hydrogen) atoms. The third-order valence-electron chi connectivity index (χ3n) is 7.28. The minimum Gasteiger partial charge on any atom is -0.477 e. The summed E-state index contributed by atoms with van der Waals surface area (Å²) in [5.74, 6) is -0.305. The largest absolute Gasteiger partial charge is 0.477 e. The summed E-state index contributed by atoms with van der Waals surface area (Å²) >= 11 is 0. The number of nitrogens with one attached hydrogen (secondary N) is 2. The Balaban J connectivity index is 1.36. The summed E-state index contributed by atoms with van der Waals surface area (Å²) in [7, 11) is -2.93. The molecular formula is C25H29F3N4O3S. The second-order valence-corrected chi connectivity index (χ2v) is 12.3. The molecule has 0 unspecified atom stereocenters. The van der Waals surface area contributed by atoms with Crippen molar-refractivity contribution in [2.45, 2.75) is 61.3 Å². The van der Waals surface area contributed by atoms with Crippen LogP contribution in [0.3, 0.4) is 0 Å². The van der Waals surface area contributed by atoms with Crippen LogP contribution < -0.4 is 15.0 Å². The normalized spacial score (nSPS) is 20.6. The van der Waals surface area contributed by atoms with Crippen LogP contribution in [0.15, 0.2) is 41.3 Å². The lowest BCUT2D eigenvalue weighted by Gasteiger charge is -2.35. The van der Waals surface area contributed by atoms with Crippen molar-refractivity contribution < 1.29 is 26.9 Å². The highest BCUT2D eigenvalue weighted by atomic mass is 32.2. The molecular weight excluding hydrogens is 493 g/mol. The van der Waals surface area contributed by atoms with E-state index in [4.69, 9.17) is 9.52 Å². The standard InChI is InChI=1S/C25H29F3N4O3S/c26-25(27,28)12-15-35-22-3-1-2-21(30-22)31-23(33)19-7-6-18(36(29,34)17-4-5-17)16-20(19)32-13-10-24(8-9-24)11-14-32/h1-3,6-7,16-17,29H,4-5,8-15H2,(H,30,31,33)/t36-/m1/s1. The Hall–Kier alpha value is -2.82. The van der Waals surface area contributed by atoms with E-state index in [0.717, 1.165) is 38.8 Å². The molecule has 3 fully saturated rings. The van der Waals surface area contributed by atoms with Crippen molar-refractivity contribution >= 4 is 27.1 Å². The van der Waals surface area contributed by atoms with E-state index >= 15 is 0 Å². The number of carbonyl (C=O) groups is 1. The van der Waals surface area contributed by atoms with E-state index in [1.54, 1.807) is 24.3 Å². The maximum atomic E-state index is 13.3. The number of rotatable bonds is 8. The number of ether oxygens (including phenoxy) is 1. The van der Waals surface area contributed by atoms with E-state index in [9.17, 15) is 22.2 Å². The molecule has 1 aromatic carbocycles. The molecule has 2 aromatic rings. The number of amides is 1. The lowest BCUT2D eigenvalue weighted by Crippen LogP contribution is -2.36. The minimum atomic E-state index is -4.33. The Kier molecular flexibility index (Phi) is 6.38. The fraction of sp³-hybridized carbons (Fsp3) is 0.520. The predicted molar refractivity (Wildman–Crippen MR) is 130 cm³/mol. The lowest BCUT2D eigenvalue weighted by atomic mass is 9.93. The first-order valence-electron chi connectivity index (χ1n) is 12.2. The molecule has 5 rings (SSSR count). The summed E-state index contributed by atoms with van der Waals surface area (Å²) in [5.41, 5.74) is 1.46. The molecule has 2 saturated carbocycles. The Morgan fingerprint density at radius 2 is 1.89 bits per heavy atom. The highest BCUT2D eigenvalue weighted by Crippen LogP contribution is 2.54. The first-order chi connectivity index (χ1) is 17.0. The van der Waals surface area contributed by atoms with Crippen molar-refractivity contribution in [1.82, 2.24) is 4.98 Å². The number of hydrogen-bond donors (Lipinski definition) is 2. The van der Waals surface area contributed by atoms with Gasteiger partial charge in [0, 0.05) is 29.3 Å². The molecule has 2 N–H and O–H groups in total. The summed E-state index contributed by atoms with van der Waals surface area (Å²) in [4.78, 5) is 20.0. The maximum absolute atomic E-state index is 13.3. The van der Waals surface area contributed by atoms with Crippen molar-refractivity contribution in [3.05, 3.63) is 42.0 Å². The summed E-state index contributed by atoms with van der Waals surface area (Å²) in [6, 6.07) is 9.45. The van der Waals surface area contributed by atoms with Gasteiger partial charge in [0.25, 0.3) is 5.91 Å². The highest BCUT2D eigenvalue weighted by molar-refractivity contribution is 7.93. The Bertz CT molecular complexity index is 1250. The van der Waals surface area contributed by atoms with Crippen molar-refractivity contribution in [2.75, 3.05) is 29.9 Å². The topological polar surface area (TPSA) is 95.4 Å². The third kappa shape index (κ3) is 5.61. The molecule has 2 aliphatic carbocycles. The second-order valence-electron chi connectivity index (χ2n) is 9.99. The molecule has 1 atom stereocenters. The van der Waals surface area contributed by atoms with Crippen LogP contribution in [0.5, 0.6) is 5.88 Å². The molecule has 1 amide bonds. The number of alkyl halides is 3. The predicted octanol–water partition coefficient (Wildman–Crippen LogP) is 5.61. The van der Waals surface area contributed by atoms with Gasteiger partial charge in [-0.1, -0.05) is 6.07 Å². The van der Waals surface area contributed by atoms with Gasteiger partial charge in [-0.05, 0) is 68.2 Å². The smallest absolute Gasteiger partial charge is 0.392 e. The Labute approximate surface area is 208 Å². The van der Waals surface area contributed by atoms with Gasteiger partial charge in [0.15, 0.2) is 0 Å².